The zero-order valence-corrected chi connectivity index (χ0v) is 8.42. The fourth-order valence-electron chi connectivity index (χ4n) is 0.861. The van der Waals surface area contributed by atoms with Crippen molar-refractivity contribution in [2.24, 2.45) is 0 Å². The molecule has 0 fully saturated rings. The maximum atomic E-state index is 5.36. The Morgan fingerprint density at radius 2 is 2.21 bits per heavy atom. The molecule has 0 radical (unpaired) electrons. The molecule has 0 amide bonds. The van der Waals surface area contributed by atoms with Crippen LogP contribution in [-0.4, -0.2) is 17.1 Å². The minimum absolute atomic E-state index is 0.583. The largest absolute Gasteiger partial charge is 0.360 e. The first kappa shape index (κ1) is 10.3. The van der Waals surface area contributed by atoms with E-state index in [-0.39, 0.29) is 0 Å². The number of allylic oxidation sites excluding steroid dienone is 3. The van der Waals surface area contributed by atoms with Gasteiger partial charge >= 0.3 is 0 Å². The van der Waals surface area contributed by atoms with E-state index in [1.54, 1.807) is 17.3 Å². The van der Waals surface area contributed by atoms with E-state index in [9.17, 15) is 0 Å². The van der Waals surface area contributed by atoms with Gasteiger partial charge in [0.1, 0.15) is 0 Å². The summed E-state index contributed by atoms with van der Waals surface area (Å²) in [6.07, 6.45) is 9.28. The minimum atomic E-state index is 0.583. The Morgan fingerprint density at radius 1 is 1.36 bits per heavy atom. The van der Waals surface area contributed by atoms with E-state index in [2.05, 4.69) is 4.98 Å². The molecule has 74 valence electrons. The lowest BCUT2D eigenvalue weighted by Crippen LogP contribution is -2.15. The standard InChI is InChI=1S/C11H14N2O/c1-3-4-7-10-13(2)14-11-8-5-6-9-12-11/h3-10H,1-2H3/b4-3-,10-7-. The number of pyridine rings is 1. The molecule has 1 rings (SSSR count). The highest BCUT2D eigenvalue weighted by molar-refractivity contribution is 5.09. The number of hydrogen-bond acceptors (Lipinski definition) is 3. The fraction of sp³-hybridized carbons (Fsp3) is 0.182. The van der Waals surface area contributed by atoms with Crippen molar-refractivity contribution in [2.75, 3.05) is 7.05 Å². The number of nitrogens with zero attached hydrogens (tertiary/aromatic N) is 2. The summed E-state index contributed by atoms with van der Waals surface area (Å²) in [7, 11) is 1.81. The van der Waals surface area contributed by atoms with E-state index in [0.29, 0.717) is 5.88 Å². The Morgan fingerprint density at radius 3 is 2.86 bits per heavy atom. The topological polar surface area (TPSA) is 25.4 Å². The highest BCUT2D eigenvalue weighted by Crippen LogP contribution is 2.04. The smallest absolute Gasteiger partial charge is 0.245 e. The Kier molecular flexibility index (Phi) is 4.27. The Labute approximate surface area is 84.3 Å². The summed E-state index contributed by atoms with van der Waals surface area (Å²) >= 11 is 0. The van der Waals surface area contributed by atoms with Crippen molar-refractivity contribution < 1.29 is 4.84 Å². The molecule has 0 aliphatic heterocycles. The lowest BCUT2D eigenvalue weighted by atomic mass is 10.5. The molecular formula is C11H14N2O. The van der Waals surface area contributed by atoms with Gasteiger partial charge in [0.25, 0.3) is 0 Å². The number of hydrogen-bond donors (Lipinski definition) is 0. The zero-order chi connectivity index (χ0) is 10.2. The van der Waals surface area contributed by atoms with Gasteiger partial charge in [-0.2, -0.15) is 0 Å². The van der Waals surface area contributed by atoms with Crippen molar-refractivity contribution in [2.45, 2.75) is 6.92 Å². The van der Waals surface area contributed by atoms with Crippen LogP contribution in [0.2, 0.25) is 0 Å². The first-order chi connectivity index (χ1) is 6.83. The molecule has 0 saturated carbocycles. The number of rotatable bonds is 4. The molecule has 3 heteroatoms. The monoisotopic (exact) mass is 190 g/mol. The van der Waals surface area contributed by atoms with Crippen LogP contribution in [-0.2, 0) is 0 Å². The first-order valence-electron chi connectivity index (χ1n) is 4.44. The first-order valence-corrected chi connectivity index (χ1v) is 4.44. The SMILES string of the molecule is C/C=C\C=C/N(C)Oc1ccccn1. The molecule has 0 unspecified atom stereocenters. The Hall–Kier alpha value is -1.77. The molecular weight excluding hydrogens is 176 g/mol. The van der Waals surface area contributed by atoms with Gasteiger partial charge in [0.15, 0.2) is 0 Å². The molecule has 0 aliphatic rings. The van der Waals surface area contributed by atoms with Crippen LogP contribution in [0.1, 0.15) is 6.92 Å². The van der Waals surface area contributed by atoms with Crippen LogP contribution in [0.3, 0.4) is 0 Å². The van der Waals surface area contributed by atoms with E-state index in [4.69, 9.17) is 4.84 Å². The van der Waals surface area contributed by atoms with Gasteiger partial charge in [0.05, 0.1) is 0 Å². The van der Waals surface area contributed by atoms with Crippen LogP contribution < -0.4 is 4.84 Å². The van der Waals surface area contributed by atoms with Crippen LogP contribution in [0.5, 0.6) is 5.88 Å². The minimum Gasteiger partial charge on any atom is -0.360 e. The predicted octanol–water partition coefficient (Wildman–Crippen LogP) is 2.40. The predicted molar refractivity (Wildman–Crippen MR) is 56.6 cm³/mol. The van der Waals surface area contributed by atoms with Crippen LogP contribution in [0.25, 0.3) is 0 Å². The molecule has 0 bridgehead atoms. The molecule has 0 saturated heterocycles. The normalized spacial score (nSPS) is 11.0. The van der Waals surface area contributed by atoms with Gasteiger partial charge in [-0.25, -0.2) is 10.0 Å². The second-order valence-corrected chi connectivity index (χ2v) is 2.67. The van der Waals surface area contributed by atoms with E-state index >= 15 is 0 Å². The maximum Gasteiger partial charge on any atom is 0.245 e. The summed E-state index contributed by atoms with van der Waals surface area (Å²) in [6, 6.07) is 5.54. The summed E-state index contributed by atoms with van der Waals surface area (Å²) in [4.78, 5) is 9.39. The molecule has 1 heterocycles. The van der Waals surface area contributed by atoms with Crippen molar-refractivity contribution in [3.8, 4) is 5.88 Å². The average molecular weight is 190 g/mol. The molecule has 0 N–H and O–H groups in total. The van der Waals surface area contributed by atoms with Crippen molar-refractivity contribution in [3.05, 3.63) is 48.8 Å². The molecule has 14 heavy (non-hydrogen) atoms. The molecule has 0 atom stereocenters. The molecule has 0 aliphatic carbocycles. The third-order valence-corrected chi connectivity index (χ3v) is 1.47. The van der Waals surface area contributed by atoms with Gasteiger partial charge in [0, 0.05) is 25.5 Å². The quantitative estimate of drug-likeness (QED) is 0.538. The van der Waals surface area contributed by atoms with E-state index in [0.717, 1.165) is 0 Å². The second kappa shape index (κ2) is 5.80. The van der Waals surface area contributed by atoms with E-state index in [1.807, 2.05) is 50.5 Å². The van der Waals surface area contributed by atoms with Crippen molar-refractivity contribution >= 4 is 0 Å². The summed E-state index contributed by atoms with van der Waals surface area (Å²) in [6.45, 7) is 1.96. The van der Waals surface area contributed by atoms with Crippen molar-refractivity contribution in [1.29, 1.82) is 0 Å². The Bertz CT molecular complexity index is 306. The summed E-state index contributed by atoms with van der Waals surface area (Å²) in [5.41, 5.74) is 0. The third-order valence-electron chi connectivity index (χ3n) is 1.47. The van der Waals surface area contributed by atoms with Crippen LogP contribution in [0.4, 0.5) is 0 Å². The summed E-state index contributed by atoms with van der Waals surface area (Å²) in [5, 5.41) is 1.60. The van der Waals surface area contributed by atoms with Gasteiger partial charge in [-0.3, -0.25) is 0 Å². The van der Waals surface area contributed by atoms with E-state index in [1.165, 1.54) is 0 Å². The number of aromatic nitrogens is 1. The molecule has 0 aromatic carbocycles. The van der Waals surface area contributed by atoms with Crippen LogP contribution in [0.15, 0.2) is 48.8 Å². The molecule has 1 aromatic heterocycles. The highest BCUT2D eigenvalue weighted by Gasteiger charge is 1.94. The lowest BCUT2D eigenvalue weighted by Gasteiger charge is -2.13. The van der Waals surface area contributed by atoms with Gasteiger partial charge in [-0.05, 0) is 19.1 Å². The second-order valence-electron chi connectivity index (χ2n) is 2.67. The third kappa shape index (κ3) is 3.76. The summed E-state index contributed by atoms with van der Waals surface area (Å²) in [5.74, 6) is 0.583. The maximum absolute atomic E-state index is 5.36. The summed E-state index contributed by atoms with van der Waals surface area (Å²) < 4.78 is 0. The van der Waals surface area contributed by atoms with Crippen LogP contribution in [0, 0.1) is 0 Å². The van der Waals surface area contributed by atoms with Gasteiger partial charge in [0.2, 0.25) is 5.88 Å². The Balaban J connectivity index is 2.45. The molecule has 1 aromatic rings. The lowest BCUT2D eigenvalue weighted by molar-refractivity contribution is 0.0159. The molecule has 0 spiro atoms. The molecule has 3 nitrogen and oxygen atoms in total. The van der Waals surface area contributed by atoms with Gasteiger partial charge in [-0.15, -0.1) is 0 Å². The fourth-order valence-corrected chi connectivity index (χ4v) is 0.861. The van der Waals surface area contributed by atoms with E-state index < -0.39 is 0 Å². The van der Waals surface area contributed by atoms with Crippen LogP contribution >= 0.6 is 0 Å². The number of hydroxylamine groups is 2. The van der Waals surface area contributed by atoms with Crippen molar-refractivity contribution in [1.82, 2.24) is 10.0 Å². The van der Waals surface area contributed by atoms with Crippen molar-refractivity contribution in [3.63, 3.8) is 0 Å². The zero-order valence-electron chi connectivity index (χ0n) is 8.42. The average Bonchev–Trinajstić information content (AvgIpc) is 2.20. The van der Waals surface area contributed by atoms with Gasteiger partial charge < -0.3 is 4.84 Å². The highest BCUT2D eigenvalue weighted by atomic mass is 16.7. The van der Waals surface area contributed by atoms with Gasteiger partial charge in [-0.1, -0.05) is 18.2 Å².